The highest BCUT2D eigenvalue weighted by Crippen LogP contribution is 2.30. The molecule has 0 aliphatic rings. The summed E-state index contributed by atoms with van der Waals surface area (Å²) in [5.74, 6) is 1.30. The summed E-state index contributed by atoms with van der Waals surface area (Å²) in [6.45, 7) is 0. The third-order valence-corrected chi connectivity index (χ3v) is 4.53. The van der Waals surface area contributed by atoms with Gasteiger partial charge >= 0.3 is 0 Å². The maximum atomic E-state index is 12.2. The number of aromatic nitrogens is 2. The molecule has 0 atom stereocenters. The zero-order valence-electron chi connectivity index (χ0n) is 14.5. The highest BCUT2D eigenvalue weighted by Gasteiger charge is 2.10. The first kappa shape index (κ1) is 17.9. The topological polar surface area (TPSA) is 76.2 Å². The molecule has 1 heterocycles. The monoisotopic (exact) mass is 369 g/mol. The fourth-order valence-corrected chi connectivity index (χ4v) is 3.04. The average molecular weight is 369 g/mol. The number of H-pyrrole nitrogens is 1. The van der Waals surface area contributed by atoms with Gasteiger partial charge in [0.1, 0.15) is 0 Å². The lowest BCUT2D eigenvalue weighted by Gasteiger charge is -2.10. The van der Waals surface area contributed by atoms with E-state index in [1.807, 2.05) is 30.3 Å². The molecule has 0 radical (unpaired) electrons. The molecule has 0 aliphatic heterocycles. The van der Waals surface area contributed by atoms with Crippen LogP contribution in [-0.4, -0.2) is 35.8 Å². The maximum absolute atomic E-state index is 12.2. The van der Waals surface area contributed by atoms with Gasteiger partial charge in [-0.05, 0) is 17.7 Å². The summed E-state index contributed by atoms with van der Waals surface area (Å²) in [7, 11) is 3.13. The van der Waals surface area contributed by atoms with Gasteiger partial charge in [0, 0.05) is 11.8 Å². The van der Waals surface area contributed by atoms with Crippen LogP contribution in [0.25, 0.3) is 11.3 Å². The number of benzene rings is 2. The normalized spacial score (nSPS) is 10.4. The first-order valence-corrected chi connectivity index (χ1v) is 8.93. The molecular weight excluding hydrogens is 350 g/mol. The van der Waals surface area contributed by atoms with Crippen LogP contribution in [0.3, 0.4) is 0 Å². The number of nitrogens with one attached hydrogen (secondary N) is 2. The van der Waals surface area contributed by atoms with Crippen molar-refractivity contribution in [3.63, 3.8) is 0 Å². The summed E-state index contributed by atoms with van der Waals surface area (Å²) in [5.41, 5.74) is 2.63. The first-order valence-electron chi connectivity index (χ1n) is 7.94. The fourth-order valence-electron chi connectivity index (χ4n) is 2.39. The van der Waals surface area contributed by atoms with Gasteiger partial charge in [-0.25, -0.2) is 4.98 Å². The Labute approximate surface area is 155 Å². The minimum atomic E-state index is -0.125. The molecule has 0 unspecified atom stereocenters. The van der Waals surface area contributed by atoms with E-state index in [0.717, 1.165) is 11.3 Å². The maximum Gasteiger partial charge on any atom is 0.234 e. The van der Waals surface area contributed by atoms with Crippen molar-refractivity contribution in [2.75, 3.05) is 25.3 Å². The molecule has 2 N–H and O–H groups in total. The second kappa shape index (κ2) is 8.44. The lowest BCUT2D eigenvalue weighted by Crippen LogP contribution is -2.14. The lowest BCUT2D eigenvalue weighted by atomic mass is 10.2. The Morgan fingerprint density at radius 3 is 2.62 bits per heavy atom. The molecular formula is C19H19N3O3S. The molecule has 1 aromatic heterocycles. The molecule has 0 aliphatic carbocycles. The van der Waals surface area contributed by atoms with E-state index in [1.165, 1.54) is 11.8 Å². The van der Waals surface area contributed by atoms with Gasteiger partial charge < -0.3 is 19.8 Å². The average Bonchev–Trinajstić information content (AvgIpc) is 3.16. The Morgan fingerprint density at radius 2 is 1.88 bits per heavy atom. The van der Waals surface area contributed by atoms with Crippen molar-refractivity contribution in [1.82, 2.24) is 9.97 Å². The van der Waals surface area contributed by atoms with Crippen molar-refractivity contribution in [3.05, 3.63) is 54.7 Å². The molecule has 0 bridgehead atoms. The molecule has 0 fully saturated rings. The number of rotatable bonds is 7. The van der Waals surface area contributed by atoms with Crippen LogP contribution in [0.5, 0.6) is 11.5 Å². The standard InChI is InChI=1S/C19H19N3O3S/c1-24-16-9-8-14(10-17(16)25-2)21-18(23)12-26-19-20-11-15(22-19)13-6-4-3-5-7-13/h3-11H,12H2,1-2H3,(H,20,22)(H,21,23). The summed E-state index contributed by atoms with van der Waals surface area (Å²) < 4.78 is 10.4. The minimum Gasteiger partial charge on any atom is -0.493 e. The van der Waals surface area contributed by atoms with E-state index in [9.17, 15) is 4.79 Å². The van der Waals surface area contributed by atoms with E-state index in [1.54, 1.807) is 38.6 Å². The number of nitrogens with zero attached hydrogens (tertiary/aromatic N) is 1. The Bertz CT molecular complexity index is 881. The van der Waals surface area contributed by atoms with Crippen LogP contribution < -0.4 is 14.8 Å². The van der Waals surface area contributed by atoms with Gasteiger partial charge in [-0.2, -0.15) is 0 Å². The van der Waals surface area contributed by atoms with E-state index in [-0.39, 0.29) is 11.7 Å². The number of carbonyl (C=O) groups excluding carboxylic acids is 1. The van der Waals surface area contributed by atoms with Crippen LogP contribution in [0.15, 0.2) is 59.9 Å². The molecule has 3 aromatic rings. The van der Waals surface area contributed by atoms with Crippen LogP contribution >= 0.6 is 11.8 Å². The molecule has 2 aromatic carbocycles. The van der Waals surface area contributed by atoms with Crippen molar-refractivity contribution in [1.29, 1.82) is 0 Å². The third-order valence-electron chi connectivity index (χ3n) is 3.64. The molecule has 0 spiro atoms. The number of thioether (sulfide) groups is 1. The van der Waals surface area contributed by atoms with Gasteiger partial charge in [0.25, 0.3) is 0 Å². The zero-order chi connectivity index (χ0) is 18.4. The summed E-state index contributed by atoms with van der Waals surface area (Å²) >= 11 is 1.35. The molecule has 1 amide bonds. The van der Waals surface area contributed by atoms with Crippen LogP contribution in [0.4, 0.5) is 5.69 Å². The van der Waals surface area contributed by atoms with E-state index < -0.39 is 0 Å². The number of methoxy groups -OCH3 is 2. The second-order valence-corrected chi connectivity index (χ2v) is 6.34. The fraction of sp³-hybridized carbons (Fsp3) is 0.158. The van der Waals surface area contributed by atoms with Gasteiger partial charge in [-0.15, -0.1) is 0 Å². The van der Waals surface area contributed by atoms with E-state index in [2.05, 4.69) is 15.3 Å². The highest BCUT2D eigenvalue weighted by molar-refractivity contribution is 7.99. The number of anilines is 1. The van der Waals surface area contributed by atoms with Crippen molar-refractivity contribution < 1.29 is 14.3 Å². The van der Waals surface area contributed by atoms with Gasteiger partial charge in [0.05, 0.1) is 31.9 Å². The predicted octanol–water partition coefficient (Wildman–Crippen LogP) is 3.82. The van der Waals surface area contributed by atoms with Gasteiger partial charge in [0.15, 0.2) is 16.7 Å². The number of carbonyl (C=O) groups is 1. The van der Waals surface area contributed by atoms with E-state index in [0.29, 0.717) is 22.3 Å². The number of imidazole rings is 1. The molecule has 134 valence electrons. The van der Waals surface area contributed by atoms with Gasteiger partial charge in [0.2, 0.25) is 5.91 Å². The Balaban J connectivity index is 1.57. The Kier molecular flexibility index (Phi) is 5.80. The largest absolute Gasteiger partial charge is 0.493 e. The third kappa shape index (κ3) is 4.37. The molecule has 26 heavy (non-hydrogen) atoms. The Hall–Kier alpha value is -2.93. The molecule has 6 nitrogen and oxygen atoms in total. The lowest BCUT2D eigenvalue weighted by molar-refractivity contribution is -0.113. The molecule has 0 saturated carbocycles. The quantitative estimate of drug-likeness (QED) is 0.619. The SMILES string of the molecule is COc1ccc(NC(=O)CSc2ncc(-c3ccccc3)[nH]2)cc1OC. The van der Waals surface area contributed by atoms with Crippen LogP contribution in [0, 0.1) is 0 Å². The zero-order valence-corrected chi connectivity index (χ0v) is 15.3. The smallest absolute Gasteiger partial charge is 0.234 e. The second-order valence-electron chi connectivity index (χ2n) is 5.37. The number of hydrogen-bond donors (Lipinski definition) is 2. The van der Waals surface area contributed by atoms with Crippen molar-refractivity contribution >= 4 is 23.4 Å². The number of amides is 1. The molecule has 7 heteroatoms. The number of ether oxygens (including phenoxy) is 2. The summed E-state index contributed by atoms with van der Waals surface area (Å²) in [5, 5.41) is 3.54. The Morgan fingerprint density at radius 1 is 1.12 bits per heavy atom. The van der Waals surface area contributed by atoms with Crippen LogP contribution in [0.1, 0.15) is 0 Å². The van der Waals surface area contributed by atoms with Crippen molar-refractivity contribution in [3.8, 4) is 22.8 Å². The summed E-state index contributed by atoms with van der Waals surface area (Å²) in [6.07, 6.45) is 1.77. The van der Waals surface area contributed by atoms with E-state index >= 15 is 0 Å². The van der Waals surface area contributed by atoms with Crippen LogP contribution in [0.2, 0.25) is 0 Å². The number of aromatic amines is 1. The molecule has 0 saturated heterocycles. The summed E-state index contributed by atoms with van der Waals surface area (Å²) in [6, 6.07) is 15.2. The van der Waals surface area contributed by atoms with Crippen molar-refractivity contribution in [2.45, 2.75) is 5.16 Å². The van der Waals surface area contributed by atoms with Gasteiger partial charge in [-0.3, -0.25) is 4.79 Å². The highest BCUT2D eigenvalue weighted by atomic mass is 32.2. The summed E-state index contributed by atoms with van der Waals surface area (Å²) in [4.78, 5) is 19.7. The minimum absolute atomic E-state index is 0.125. The predicted molar refractivity (Wildman–Crippen MR) is 103 cm³/mol. The van der Waals surface area contributed by atoms with Crippen LogP contribution in [-0.2, 0) is 4.79 Å². The number of hydrogen-bond acceptors (Lipinski definition) is 5. The van der Waals surface area contributed by atoms with Crippen molar-refractivity contribution in [2.24, 2.45) is 0 Å². The van der Waals surface area contributed by atoms with E-state index in [4.69, 9.17) is 9.47 Å². The first-order chi connectivity index (χ1) is 12.7. The molecule has 3 rings (SSSR count). The van der Waals surface area contributed by atoms with Gasteiger partial charge in [-0.1, -0.05) is 42.1 Å².